The molecule has 0 saturated carbocycles. The van der Waals surface area contributed by atoms with Crippen LogP contribution in [0.3, 0.4) is 0 Å². The second kappa shape index (κ2) is 26.5. The molecule has 162 valence electrons. The molecule has 1 amide bonds. The fourth-order valence-electron chi connectivity index (χ4n) is 1.60. The normalized spacial score (nSPS) is 10.3. The van der Waals surface area contributed by atoms with Crippen LogP contribution in [-0.4, -0.2) is 91.6 Å². The number of rotatable bonds is 19. The van der Waals surface area contributed by atoms with E-state index in [2.05, 4.69) is 17.6 Å². The minimum Gasteiger partial charge on any atom is -0.378 e. The van der Waals surface area contributed by atoms with Crippen LogP contribution in [0.5, 0.6) is 0 Å². The largest absolute Gasteiger partial charge is 0.378 e. The summed E-state index contributed by atoms with van der Waals surface area (Å²) < 4.78 is 26.8. The van der Waals surface area contributed by atoms with Gasteiger partial charge in [0, 0.05) is 22.9 Å². The molecule has 0 aliphatic carbocycles. The Morgan fingerprint density at radius 1 is 0.692 bits per heavy atom. The lowest BCUT2D eigenvalue weighted by molar-refractivity contribution is -0.119. The molecule has 0 fully saturated rings. The molecule has 2 N–H and O–H groups in total. The molecular weight excluding hydrogens is 340 g/mol. The number of ether oxygens (including phenoxy) is 5. The lowest BCUT2D eigenvalue weighted by Gasteiger charge is -2.08. The molecule has 8 nitrogen and oxygen atoms in total. The minimum absolute atomic E-state index is 0. The van der Waals surface area contributed by atoms with E-state index in [9.17, 15) is 4.79 Å². The molecule has 0 saturated heterocycles. The Morgan fingerprint density at radius 3 is 1.38 bits per heavy atom. The summed E-state index contributed by atoms with van der Waals surface area (Å²) >= 11 is 0. The molecule has 26 heavy (non-hydrogen) atoms. The van der Waals surface area contributed by atoms with Crippen molar-refractivity contribution in [2.24, 2.45) is 0 Å². The van der Waals surface area contributed by atoms with Gasteiger partial charge in [0.25, 0.3) is 0 Å². The Morgan fingerprint density at radius 2 is 1.04 bits per heavy atom. The monoisotopic (exact) mass is 384 g/mol. The van der Waals surface area contributed by atoms with E-state index >= 15 is 0 Å². The van der Waals surface area contributed by atoms with Crippen LogP contribution in [0.2, 0.25) is 0 Å². The molecule has 0 unspecified atom stereocenters. The summed E-state index contributed by atoms with van der Waals surface area (Å²) in [6, 6.07) is 0. The van der Waals surface area contributed by atoms with Crippen LogP contribution in [0.25, 0.3) is 0 Å². The van der Waals surface area contributed by atoms with Crippen molar-refractivity contribution in [1.82, 2.24) is 10.6 Å². The Bertz CT molecular complexity index is 280. The van der Waals surface area contributed by atoms with Gasteiger partial charge < -0.3 is 34.3 Å². The molecule has 0 aromatic rings. The minimum atomic E-state index is -0.0484. The molecule has 0 aromatic carbocycles. The molecule has 0 bridgehead atoms. The summed E-state index contributed by atoms with van der Waals surface area (Å²) in [4.78, 5) is 10.6. The summed E-state index contributed by atoms with van der Waals surface area (Å²) in [5.41, 5.74) is 0. The van der Waals surface area contributed by atoms with Crippen molar-refractivity contribution in [2.75, 3.05) is 85.7 Å². The third-order valence-corrected chi connectivity index (χ3v) is 2.78. The molecule has 0 aromatic heterocycles. The first kappa shape index (κ1) is 27.4. The fourth-order valence-corrected chi connectivity index (χ4v) is 1.60. The van der Waals surface area contributed by atoms with Crippen LogP contribution in [0.15, 0.2) is 0 Å². The van der Waals surface area contributed by atoms with Gasteiger partial charge in [-0.3, -0.25) is 4.79 Å². The number of nitrogens with one attached hydrogen (secondary N) is 2. The van der Waals surface area contributed by atoms with Crippen LogP contribution in [0, 0.1) is 0 Å². The van der Waals surface area contributed by atoms with E-state index in [-0.39, 0.29) is 8.76 Å². The standard InChI is InChI=1S/C16H34N2O6.C2H6.2H2/c1-3-17-4-6-20-8-10-22-12-14-24-15-13-23-11-9-21-7-5-18-16(2)19;1-2;;/h17H,3-15H2,1-2H3,(H,18,19);1-2H3;2*1H. The molecule has 0 atom stereocenters. The smallest absolute Gasteiger partial charge is 0.216 e. The molecule has 0 aliphatic heterocycles. The number of carbonyl (C=O) groups is 1. The highest BCUT2D eigenvalue weighted by Crippen LogP contribution is 1.83. The maximum absolute atomic E-state index is 10.6. The molecule has 0 heterocycles. The Labute approximate surface area is 162 Å². The molecule has 8 heteroatoms. The highest BCUT2D eigenvalue weighted by atomic mass is 16.6. The van der Waals surface area contributed by atoms with Gasteiger partial charge in [0.05, 0.1) is 66.1 Å². The zero-order chi connectivity index (χ0) is 19.7. The first-order valence-electron chi connectivity index (χ1n) is 9.61. The van der Waals surface area contributed by atoms with Gasteiger partial charge in [-0.25, -0.2) is 0 Å². The molecule has 0 aliphatic rings. The van der Waals surface area contributed by atoms with Gasteiger partial charge >= 0.3 is 0 Å². The molecule has 0 rings (SSSR count). The lowest BCUT2D eigenvalue weighted by Crippen LogP contribution is -2.25. The highest BCUT2D eigenvalue weighted by molar-refractivity contribution is 5.72. The predicted molar refractivity (Wildman–Crippen MR) is 107 cm³/mol. The number of hydrogen-bond acceptors (Lipinski definition) is 7. The van der Waals surface area contributed by atoms with Gasteiger partial charge in [-0.2, -0.15) is 0 Å². The van der Waals surface area contributed by atoms with Gasteiger partial charge in [-0.1, -0.05) is 20.8 Å². The van der Waals surface area contributed by atoms with Gasteiger partial charge in [-0.15, -0.1) is 0 Å². The number of amides is 1. The van der Waals surface area contributed by atoms with Gasteiger partial charge in [0.2, 0.25) is 5.91 Å². The molecule has 0 spiro atoms. The van der Waals surface area contributed by atoms with Crippen LogP contribution in [0.4, 0.5) is 0 Å². The molecule has 0 radical (unpaired) electrons. The Kier molecular flexibility index (Phi) is 27.9. The van der Waals surface area contributed by atoms with Crippen molar-refractivity contribution in [1.29, 1.82) is 0 Å². The quantitative estimate of drug-likeness (QED) is 0.325. The fraction of sp³-hybridized carbons (Fsp3) is 0.944. The third kappa shape index (κ3) is 28.1. The second-order valence-corrected chi connectivity index (χ2v) is 4.90. The maximum Gasteiger partial charge on any atom is 0.216 e. The summed E-state index contributed by atoms with van der Waals surface area (Å²) in [7, 11) is 0. The summed E-state index contributed by atoms with van der Waals surface area (Å²) in [5, 5.41) is 5.84. The van der Waals surface area contributed by atoms with E-state index in [0.29, 0.717) is 72.6 Å². The van der Waals surface area contributed by atoms with Crippen molar-refractivity contribution < 1.29 is 31.3 Å². The SMILES string of the molecule is CC.CCNCCOCCOCCOCCOCCOCCNC(C)=O.[HH].[HH]. The highest BCUT2D eigenvalue weighted by Gasteiger charge is 1.94. The van der Waals surface area contributed by atoms with E-state index in [1.807, 2.05) is 13.8 Å². The van der Waals surface area contributed by atoms with Crippen molar-refractivity contribution in [3.63, 3.8) is 0 Å². The maximum atomic E-state index is 10.6. The zero-order valence-corrected chi connectivity index (χ0v) is 17.1. The number of carbonyl (C=O) groups excluding carboxylic acids is 1. The van der Waals surface area contributed by atoms with Crippen LogP contribution in [0.1, 0.15) is 30.5 Å². The van der Waals surface area contributed by atoms with E-state index in [1.165, 1.54) is 6.92 Å². The zero-order valence-electron chi connectivity index (χ0n) is 17.1. The van der Waals surface area contributed by atoms with Crippen molar-refractivity contribution in [3.8, 4) is 0 Å². The van der Waals surface area contributed by atoms with Crippen molar-refractivity contribution in [3.05, 3.63) is 0 Å². The average Bonchev–Trinajstić information content (AvgIpc) is 2.65. The van der Waals surface area contributed by atoms with Gasteiger partial charge in [0.1, 0.15) is 0 Å². The lowest BCUT2D eigenvalue weighted by atomic mass is 10.6. The van der Waals surface area contributed by atoms with Crippen LogP contribution >= 0.6 is 0 Å². The van der Waals surface area contributed by atoms with E-state index in [4.69, 9.17) is 23.7 Å². The van der Waals surface area contributed by atoms with Crippen molar-refractivity contribution >= 4 is 5.91 Å². The topological polar surface area (TPSA) is 87.3 Å². The van der Waals surface area contributed by atoms with Gasteiger partial charge in [0.15, 0.2) is 0 Å². The first-order chi connectivity index (χ1) is 12.8. The molecular formula is C18H44N2O6. The Balaban J connectivity index is -0.000000695. The van der Waals surface area contributed by atoms with Crippen LogP contribution < -0.4 is 10.6 Å². The Hall–Kier alpha value is -0.770. The number of likely N-dealkylation sites (N-methyl/N-ethyl adjacent to an activating group) is 1. The van der Waals surface area contributed by atoms with E-state index in [1.54, 1.807) is 0 Å². The average molecular weight is 385 g/mol. The second-order valence-electron chi connectivity index (χ2n) is 4.90. The van der Waals surface area contributed by atoms with E-state index in [0.717, 1.165) is 13.1 Å². The third-order valence-electron chi connectivity index (χ3n) is 2.78. The summed E-state index contributed by atoms with van der Waals surface area (Å²) in [5.74, 6) is -0.0484. The van der Waals surface area contributed by atoms with E-state index < -0.39 is 0 Å². The number of hydrogen-bond donors (Lipinski definition) is 2. The van der Waals surface area contributed by atoms with Crippen molar-refractivity contribution in [2.45, 2.75) is 27.7 Å². The summed E-state index contributed by atoms with van der Waals surface area (Å²) in [6.45, 7) is 15.5. The van der Waals surface area contributed by atoms with Crippen LogP contribution in [-0.2, 0) is 28.5 Å². The predicted octanol–water partition coefficient (Wildman–Crippen LogP) is 1.33. The van der Waals surface area contributed by atoms with Gasteiger partial charge in [-0.05, 0) is 6.54 Å². The summed E-state index contributed by atoms with van der Waals surface area (Å²) in [6.07, 6.45) is 0. The first-order valence-corrected chi connectivity index (χ1v) is 9.61.